The van der Waals surface area contributed by atoms with E-state index in [0.717, 1.165) is 18.6 Å². The molecule has 0 saturated heterocycles. The summed E-state index contributed by atoms with van der Waals surface area (Å²) in [6.45, 7) is 4.64. The number of likely N-dealkylation sites (N-methyl/N-ethyl adjacent to an activating group) is 1. The molecule has 0 radical (unpaired) electrons. The number of methoxy groups -OCH3 is 1. The summed E-state index contributed by atoms with van der Waals surface area (Å²) in [5.74, 6) is 0.622. The van der Waals surface area contributed by atoms with Crippen LogP contribution in [0.4, 0.5) is 5.69 Å². The summed E-state index contributed by atoms with van der Waals surface area (Å²) < 4.78 is 5.11. The highest BCUT2D eigenvalue weighted by atomic mass is 16.5. The monoisotopic (exact) mass is 361 g/mol. The van der Waals surface area contributed by atoms with Crippen LogP contribution < -0.4 is 15.4 Å². The molecular weight excluding hydrogens is 330 g/mol. The number of nitrogens with zero attached hydrogens (tertiary/aromatic N) is 1. The van der Waals surface area contributed by atoms with Crippen molar-refractivity contribution in [1.29, 1.82) is 0 Å². The zero-order valence-corrected chi connectivity index (χ0v) is 16.1. The van der Waals surface area contributed by atoms with E-state index in [1.807, 2.05) is 18.7 Å². The smallest absolute Gasteiger partial charge is 0.238 e. The molecule has 0 spiro atoms. The summed E-state index contributed by atoms with van der Waals surface area (Å²) >= 11 is 0. The second kappa shape index (κ2) is 10.2. The average molecular weight is 361 g/mol. The van der Waals surface area contributed by atoms with E-state index in [1.54, 1.807) is 31.4 Å². The summed E-state index contributed by atoms with van der Waals surface area (Å²) in [7, 11) is 1.60. The summed E-state index contributed by atoms with van der Waals surface area (Å²) in [6, 6.07) is 7.15. The predicted octanol–water partition coefficient (Wildman–Crippen LogP) is 2.79. The number of ether oxygens (including phenoxy) is 1. The molecule has 0 heterocycles. The van der Waals surface area contributed by atoms with Crippen LogP contribution in [0.25, 0.3) is 0 Å². The van der Waals surface area contributed by atoms with Crippen LogP contribution in [0, 0.1) is 0 Å². The molecule has 1 aromatic carbocycles. The minimum absolute atomic E-state index is 0.0102. The van der Waals surface area contributed by atoms with E-state index in [4.69, 9.17) is 4.74 Å². The lowest BCUT2D eigenvalue weighted by atomic mass is 9.95. The Morgan fingerprint density at radius 2 is 1.85 bits per heavy atom. The zero-order valence-electron chi connectivity index (χ0n) is 16.1. The van der Waals surface area contributed by atoms with Crippen LogP contribution in [0.5, 0.6) is 5.75 Å². The van der Waals surface area contributed by atoms with Gasteiger partial charge in [0.25, 0.3) is 0 Å². The maximum absolute atomic E-state index is 12.5. The van der Waals surface area contributed by atoms with Crippen LogP contribution in [0.3, 0.4) is 0 Å². The van der Waals surface area contributed by atoms with Crippen molar-refractivity contribution in [3.8, 4) is 5.75 Å². The van der Waals surface area contributed by atoms with Crippen molar-refractivity contribution in [3.63, 3.8) is 0 Å². The number of anilines is 1. The maximum atomic E-state index is 12.5. The summed E-state index contributed by atoms with van der Waals surface area (Å²) in [5, 5.41) is 6.01. The number of amides is 2. The summed E-state index contributed by atoms with van der Waals surface area (Å²) in [5.41, 5.74) is 0.714. The largest absolute Gasteiger partial charge is 0.497 e. The topological polar surface area (TPSA) is 70.7 Å². The lowest BCUT2D eigenvalue weighted by Gasteiger charge is -2.29. The molecule has 1 aromatic rings. The third-order valence-corrected chi connectivity index (χ3v) is 5.01. The average Bonchev–Trinajstić information content (AvgIpc) is 2.67. The van der Waals surface area contributed by atoms with Gasteiger partial charge >= 0.3 is 0 Å². The Morgan fingerprint density at radius 3 is 2.42 bits per heavy atom. The summed E-state index contributed by atoms with van der Waals surface area (Å²) in [4.78, 5) is 26.7. The van der Waals surface area contributed by atoms with E-state index >= 15 is 0 Å². The molecule has 2 N–H and O–H groups in total. The molecule has 6 nitrogen and oxygen atoms in total. The normalized spacial score (nSPS) is 16.2. The van der Waals surface area contributed by atoms with Crippen LogP contribution in [0.15, 0.2) is 24.3 Å². The SMILES string of the molecule is CCN(CC(=O)Nc1ccc(OC)cc1)[C@@H](C)C(=O)NC1CCCCC1. The van der Waals surface area contributed by atoms with Gasteiger partial charge in [0.05, 0.1) is 19.7 Å². The third-order valence-electron chi connectivity index (χ3n) is 5.01. The van der Waals surface area contributed by atoms with Crippen LogP contribution in [-0.4, -0.2) is 49.0 Å². The fourth-order valence-corrected chi connectivity index (χ4v) is 3.32. The Hall–Kier alpha value is -2.08. The van der Waals surface area contributed by atoms with Crippen LogP contribution in [-0.2, 0) is 9.59 Å². The quantitative estimate of drug-likeness (QED) is 0.747. The highest BCUT2D eigenvalue weighted by Gasteiger charge is 2.24. The molecule has 0 aromatic heterocycles. The Kier molecular flexibility index (Phi) is 7.91. The van der Waals surface area contributed by atoms with Crippen molar-refractivity contribution in [2.75, 3.05) is 25.5 Å². The Morgan fingerprint density at radius 1 is 1.19 bits per heavy atom. The minimum atomic E-state index is -0.330. The van der Waals surface area contributed by atoms with Gasteiger partial charge in [0.15, 0.2) is 0 Å². The van der Waals surface area contributed by atoms with Gasteiger partial charge in [0.2, 0.25) is 11.8 Å². The molecule has 1 atom stereocenters. The fourth-order valence-electron chi connectivity index (χ4n) is 3.32. The Balaban J connectivity index is 1.85. The Labute approximate surface area is 156 Å². The van der Waals surface area contributed by atoms with Crippen molar-refractivity contribution in [2.45, 2.75) is 58.0 Å². The summed E-state index contributed by atoms with van der Waals surface area (Å²) in [6.07, 6.45) is 5.74. The molecule has 144 valence electrons. The van der Waals surface area contributed by atoms with Crippen LogP contribution in [0.2, 0.25) is 0 Å². The second-order valence-corrected chi connectivity index (χ2v) is 6.86. The maximum Gasteiger partial charge on any atom is 0.238 e. The van der Waals surface area contributed by atoms with Crippen molar-refractivity contribution >= 4 is 17.5 Å². The number of nitrogens with one attached hydrogen (secondary N) is 2. The van der Waals surface area contributed by atoms with Crippen molar-refractivity contribution in [1.82, 2.24) is 10.2 Å². The van der Waals surface area contributed by atoms with Crippen LogP contribution in [0.1, 0.15) is 46.0 Å². The van der Waals surface area contributed by atoms with Crippen molar-refractivity contribution in [2.24, 2.45) is 0 Å². The molecule has 1 aliphatic rings. The van der Waals surface area contributed by atoms with E-state index < -0.39 is 0 Å². The first-order chi connectivity index (χ1) is 12.5. The van der Waals surface area contributed by atoms with Gasteiger partial charge in [0.1, 0.15) is 5.75 Å². The number of hydrogen-bond acceptors (Lipinski definition) is 4. The molecule has 0 bridgehead atoms. The van der Waals surface area contributed by atoms with E-state index in [-0.39, 0.29) is 30.4 Å². The molecule has 0 unspecified atom stereocenters. The standard InChI is InChI=1S/C20H31N3O3/c1-4-23(15(2)20(25)22-16-8-6-5-7-9-16)14-19(24)21-17-10-12-18(26-3)13-11-17/h10-13,15-16H,4-9,14H2,1-3H3,(H,21,24)(H,22,25)/t15-/m0/s1. The van der Waals surface area contributed by atoms with E-state index in [2.05, 4.69) is 10.6 Å². The molecule has 1 aliphatic carbocycles. The van der Waals surface area contributed by atoms with Gasteiger partial charge in [-0.2, -0.15) is 0 Å². The Bertz CT molecular complexity index is 582. The lowest BCUT2D eigenvalue weighted by molar-refractivity contribution is -0.128. The van der Waals surface area contributed by atoms with Crippen molar-refractivity contribution < 1.29 is 14.3 Å². The highest BCUT2D eigenvalue weighted by molar-refractivity contribution is 5.93. The van der Waals surface area contributed by atoms with Gasteiger partial charge in [-0.05, 0) is 50.6 Å². The van der Waals surface area contributed by atoms with Gasteiger partial charge < -0.3 is 15.4 Å². The van der Waals surface area contributed by atoms with Gasteiger partial charge in [-0.15, -0.1) is 0 Å². The number of rotatable bonds is 8. The molecular formula is C20H31N3O3. The van der Waals surface area contributed by atoms with Gasteiger partial charge in [-0.3, -0.25) is 14.5 Å². The molecule has 1 saturated carbocycles. The first-order valence-electron chi connectivity index (χ1n) is 9.51. The molecule has 26 heavy (non-hydrogen) atoms. The van der Waals surface area contributed by atoms with E-state index in [0.29, 0.717) is 12.2 Å². The zero-order chi connectivity index (χ0) is 18.9. The number of carbonyl (C=O) groups excluding carboxylic acids is 2. The molecule has 2 rings (SSSR count). The van der Waals surface area contributed by atoms with E-state index in [9.17, 15) is 9.59 Å². The number of benzene rings is 1. The van der Waals surface area contributed by atoms with Gasteiger partial charge in [-0.1, -0.05) is 26.2 Å². The number of hydrogen-bond donors (Lipinski definition) is 2. The lowest BCUT2D eigenvalue weighted by Crippen LogP contribution is -2.50. The molecule has 2 amide bonds. The third kappa shape index (κ3) is 6.02. The molecule has 0 aliphatic heterocycles. The molecule has 1 fully saturated rings. The fraction of sp³-hybridized carbons (Fsp3) is 0.600. The predicted molar refractivity (Wildman–Crippen MR) is 103 cm³/mol. The van der Waals surface area contributed by atoms with E-state index in [1.165, 1.54) is 19.3 Å². The second-order valence-electron chi connectivity index (χ2n) is 6.86. The van der Waals surface area contributed by atoms with Gasteiger partial charge in [0, 0.05) is 11.7 Å². The van der Waals surface area contributed by atoms with Gasteiger partial charge in [-0.25, -0.2) is 0 Å². The minimum Gasteiger partial charge on any atom is -0.497 e. The first-order valence-corrected chi connectivity index (χ1v) is 9.51. The number of carbonyl (C=O) groups is 2. The van der Waals surface area contributed by atoms with Crippen molar-refractivity contribution in [3.05, 3.63) is 24.3 Å². The van der Waals surface area contributed by atoms with Crippen LogP contribution >= 0.6 is 0 Å². The first kappa shape index (κ1) is 20.2. The molecule has 6 heteroatoms. The highest BCUT2D eigenvalue weighted by Crippen LogP contribution is 2.18.